The number of hydrogen-bond acceptors (Lipinski definition) is 3. The molecule has 0 saturated carbocycles. The molecule has 18 heavy (non-hydrogen) atoms. The Labute approximate surface area is 115 Å². The maximum Gasteiger partial charge on any atom is 0.158 e. The van der Waals surface area contributed by atoms with E-state index in [0.29, 0.717) is 11.0 Å². The van der Waals surface area contributed by atoms with E-state index in [1.165, 1.54) is 6.07 Å². The van der Waals surface area contributed by atoms with Crippen LogP contribution in [-0.4, -0.2) is 26.2 Å². The lowest BCUT2D eigenvalue weighted by Crippen LogP contribution is -2.43. The number of anilines is 1. The Morgan fingerprint density at radius 1 is 1.33 bits per heavy atom. The summed E-state index contributed by atoms with van der Waals surface area (Å²) >= 11 is 5.91. The van der Waals surface area contributed by atoms with Gasteiger partial charge in [-0.05, 0) is 6.07 Å². The molecule has 0 spiro atoms. The number of fused-ring (bicyclic) bond motifs is 1. The van der Waals surface area contributed by atoms with Crippen molar-refractivity contribution in [3.63, 3.8) is 0 Å². The third-order valence-corrected chi connectivity index (χ3v) is 3.45. The molecule has 0 aliphatic carbocycles. The Balaban J connectivity index is 0.00000120. The zero-order valence-corrected chi connectivity index (χ0v) is 11.2. The summed E-state index contributed by atoms with van der Waals surface area (Å²) < 4.78 is 19.2. The van der Waals surface area contributed by atoms with Crippen LogP contribution in [0.3, 0.4) is 0 Å². The van der Waals surface area contributed by atoms with Crippen molar-refractivity contribution in [3.8, 4) is 0 Å². The molecular weight excluding hydrogens is 278 g/mol. The summed E-state index contributed by atoms with van der Waals surface area (Å²) in [6.45, 7) is 3.48. The van der Waals surface area contributed by atoms with Crippen molar-refractivity contribution < 1.29 is 8.81 Å². The predicted molar refractivity (Wildman–Crippen MR) is 73.5 cm³/mol. The molecule has 1 fully saturated rings. The van der Waals surface area contributed by atoms with Gasteiger partial charge in [0.25, 0.3) is 0 Å². The molecule has 0 unspecified atom stereocenters. The first-order valence-electron chi connectivity index (χ1n) is 5.58. The molecule has 0 radical (unpaired) electrons. The van der Waals surface area contributed by atoms with Crippen LogP contribution >= 0.6 is 24.0 Å². The minimum absolute atomic E-state index is 0. The molecule has 2 aromatic rings. The quantitative estimate of drug-likeness (QED) is 0.875. The molecule has 6 heteroatoms. The normalized spacial score (nSPS) is 15.8. The van der Waals surface area contributed by atoms with E-state index in [1.807, 2.05) is 0 Å². The highest BCUT2D eigenvalue weighted by atomic mass is 35.5. The third-order valence-electron chi connectivity index (χ3n) is 3.07. The SMILES string of the molecule is Cl.Fc1cc(N2CCNCC2)c2occc2c1Cl. The average molecular weight is 291 g/mol. The summed E-state index contributed by atoms with van der Waals surface area (Å²) in [6.07, 6.45) is 1.54. The van der Waals surface area contributed by atoms with Crippen LogP contribution in [-0.2, 0) is 0 Å². The Kier molecular flexibility index (Phi) is 4.00. The lowest BCUT2D eigenvalue weighted by Gasteiger charge is -2.29. The number of furan rings is 1. The van der Waals surface area contributed by atoms with Gasteiger partial charge < -0.3 is 14.6 Å². The topological polar surface area (TPSA) is 28.4 Å². The van der Waals surface area contributed by atoms with Gasteiger partial charge in [0.1, 0.15) is 5.82 Å². The van der Waals surface area contributed by atoms with Gasteiger partial charge in [-0.2, -0.15) is 0 Å². The Morgan fingerprint density at radius 2 is 2.06 bits per heavy atom. The van der Waals surface area contributed by atoms with Crippen LogP contribution in [0.15, 0.2) is 22.8 Å². The average Bonchev–Trinajstić information content (AvgIpc) is 2.84. The summed E-state index contributed by atoms with van der Waals surface area (Å²) in [4.78, 5) is 2.11. The number of rotatable bonds is 1. The molecule has 3 rings (SSSR count). The van der Waals surface area contributed by atoms with Crippen molar-refractivity contribution in [2.45, 2.75) is 0 Å². The standard InChI is InChI=1S/C12H12ClFN2O.ClH/c13-11-8-1-6-17-12(8)10(7-9(11)14)16-4-2-15-3-5-16;/h1,6-7,15H,2-5H2;1H. The van der Waals surface area contributed by atoms with Gasteiger partial charge in [0.05, 0.1) is 17.0 Å². The van der Waals surface area contributed by atoms with E-state index in [2.05, 4.69) is 10.2 Å². The monoisotopic (exact) mass is 290 g/mol. The maximum absolute atomic E-state index is 13.7. The molecule has 1 saturated heterocycles. The van der Waals surface area contributed by atoms with Crippen LogP contribution < -0.4 is 10.2 Å². The highest BCUT2D eigenvalue weighted by Crippen LogP contribution is 2.35. The van der Waals surface area contributed by atoms with E-state index in [-0.39, 0.29) is 17.4 Å². The number of benzene rings is 1. The molecule has 1 aliphatic heterocycles. The second-order valence-electron chi connectivity index (χ2n) is 4.09. The number of halogens is 3. The summed E-state index contributed by atoms with van der Waals surface area (Å²) in [5, 5.41) is 4.03. The van der Waals surface area contributed by atoms with Crippen LogP contribution in [0.5, 0.6) is 0 Å². The predicted octanol–water partition coefficient (Wildman–Crippen LogP) is 3.06. The van der Waals surface area contributed by atoms with Crippen LogP contribution in [0, 0.1) is 5.82 Å². The Bertz CT molecular complexity index is 552. The Morgan fingerprint density at radius 3 is 2.78 bits per heavy atom. The molecule has 0 bridgehead atoms. The fourth-order valence-electron chi connectivity index (χ4n) is 2.20. The fourth-order valence-corrected chi connectivity index (χ4v) is 2.40. The highest BCUT2D eigenvalue weighted by Gasteiger charge is 2.19. The number of nitrogens with one attached hydrogen (secondary N) is 1. The van der Waals surface area contributed by atoms with Crippen LogP contribution in [0.1, 0.15) is 0 Å². The molecule has 1 aromatic carbocycles. The van der Waals surface area contributed by atoms with Gasteiger partial charge >= 0.3 is 0 Å². The van der Waals surface area contributed by atoms with Gasteiger partial charge in [0, 0.05) is 37.6 Å². The largest absolute Gasteiger partial charge is 0.462 e. The fraction of sp³-hybridized carbons (Fsp3) is 0.333. The van der Waals surface area contributed by atoms with Gasteiger partial charge in [0.15, 0.2) is 5.58 Å². The second kappa shape index (κ2) is 5.34. The Hall–Kier alpha value is -0.970. The molecule has 1 aromatic heterocycles. The van der Waals surface area contributed by atoms with Crippen molar-refractivity contribution in [2.24, 2.45) is 0 Å². The van der Waals surface area contributed by atoms with Gasteiger partial charge in [-0.25, -0.2) is 4.39 Å². The summed E-state index contributed by atoms with van der Waals surface area (Å²) in [5.41, 5.74) is 1.45. The third kappa shape index (κ3) is 2.16. The van der Waals surface area contributed by atoms with E-state index >= 15 is 0 Å². The molecule has 0 amide bonds. The zero-order valence-electron chi connectivity index (χ0n) is 9.58. The first-order chi connectivity index (χ1) is 8.27. The molecule has 3 nitrogen and oxygen atoms in total. The lowest BCUT2D eigenvalue weighted by atomic mass is 10.2. The summed E-state index contributed by atoms with van der Waals surface area (Å²) in [7, 11) is 0. The minimum atomic E-state index is -0.394. The maximum atomic E-state index is 13.7. The van der Waals surface area contributed by atoms with Gasteiger partial charge in [-0.3, -0.25) is 0 Å². The minimum Gasteiger partial charge on any atom is -0.462 e. The van der Waals surface area contributed by atoms with E-state index in [4.69, 9.17) is 16.0 Å². The highest BCUT2D eigenvalue weighted by molar-refractivity contribution is 6.35. The number of nitrogens with zero attached hydrogens (tertiary/aromatic N) is 1. The molecule has 98 valence electrons. The van der Waals surface area contributed by atoms with E-state index in [1.54, 1.807) is 12.3 Å². The summed E-state index contributed by atoms with van der Waals surface area (Å²) in [6, 6.07) is 3.16. The van der Waals surface area contributed by atoms with Crippen molar-refractivity contribution >= 4 is 40.7 Å². The molecule has 2 heterocycles. The smallest absolute Gasteiger partial charge is 0.158 e. The van der Waals surface area contributed by atoms with Crippen molar-refractivity contribution in [1.82, 2.24) is 5.32 Å². The zero-order chi connectivity index (χ0) is 11.8. The van der Waals surface area contributed by atoms with Gasteiger partial charge in [0.2, 0.25) is 0 Å². The first kappa shape index (κ1) is 13.5. The molecule has 1 aliphatic rings. The summed E-state index contributed by atoms with van der Waals surface area (Å²) in [5.74, 6) is -0.394. The van der Waals surface area contributed by atoms with Crippen LogP contribution in [0.2, 0.25) is 5.02 Å². The van der Waals surface area contributed by atoms with E-state index in [0.717, 1.165) is 31.9 Å². The molecule has 0 atom stereocenters. The van der Waals surface area contributed by atoms with Gasteiger partial charge in [-0.15, -0.1) is 12.4 Å². The van der Waals surface area contributed by atoms with Crippen molar-refractivity contribution in [1.29, 1.82) is 0 Å². The molecular formula is C12H13Cl2FN2O. The van der Waals surface area contributed by atoms with E-state index in [9.17, 15) is 4.39 Å². The number of hydrogen-bond donors (Lipinski definition) is 1. The van der Waals surface area contributed by atoms with Crippen LogP contribution in [0.25, 0.3) is 11.0 Å². The van der Waals surface area contributed by atoms with Crippen molar-refractivity contribution in [3.05, 3.63) is 29.2 Å². The first-order valence-corrected chi connectivity index (χ1v) is 5.96. The second-order valence-corrected chi connectivity index (χ2v) is 4.47. The lowest BCUT2D eigenvalue weighted by molar-refractivity contribution is 0.574. The van der Waals surface area contributed by atoms with Crippen LogP contribution in [0.4, 0.5) is 10.1 Å². The van der Waals surface area contributed by atoms with Gasteiger partial charge in [-0.1, -0.05) is 11.6 Å². The van der Waals surface area contributed by atoms with Crippen molar-refractivity contribution in [2.75, 3.05) is 31.1 Å². The molecule has 1 N–H and O–H groups in total. The van der Waals surface area contributed by atoms with E-state index < -0.39 is 5.82 Å². The number of piperazine rings is 1.